The average molecular weight is 537 g/mol. The van der Waals surface area contributed by atoms with E-state index in [9.17, 15) is 18.5 Å². The summed E-state index contributed by atoms with van der Waals surface area (Å²) in [6.07, 6.45) is 2.48. The first-order chi connectivity index (χ1) is 12.9. The molecule has 1 fully saturated rings. The van der Waals surface area contributed by atoms with Crippen molar-refractivity contribution in [3.63, 3.8) is 0 Å². The number of hydrogen-bond donors (Lipinski definition) is 3. The lowest BCUT2D eigenvalue weighted by Crippen LogP contribution is -2.49. The predicted molar refractivity (Wildman–Crippen MR) is 113 cm³/mol. The fourth-order valence-corrected chi connectivity index (χ4v) is 5.62. The molecular weight excluding hydrogens is 514 g/mol. The van der Waals surface area contributed by atoms with Crippen LogP contribution < -0.4 is 15.4 Å². The molecule has 0 radical (unpaired) electrons. The molecule has 11 heteroatoms. The second-order valence-corrected chi connectivity index (χ2v) is 11.1. The van der Waals surface area contributed by atoms with Crippen LogP contribution in [0.2, 0.25) is 0 Å². The van der Waals surface area contributed by atoms with Crippen molar-refractivity contribution in [1.82, 2.24) is 20.3 Å². The molecule has 28 heavy (non-hydrogen) atoms. The summed E-state index contributed by atoms with van der Waals surface area (Å²) in [6, 6.07) is 3.85. The van der Waals surface area contributed by atoms with Gasteiger partial charge >= 0.3 is 6.03 Å². The van der Waals surface area contributed by atoms with E-state index >= 15 is 0 Å². The minimum absolute atomic E-state index is 0.122. The quantitative estimate of drug-likeness (QED) is 0.500. The van der Waals surface area contributed by atoms with Crippen molar-refractivity contribution in [1.29, 1.82) is 5.26 Å². The van der Waals surface area contributed by atoms with Crippen molar-refractivity contribution < 1.29 is 13.2 Å². The second kappa shape index (κ2) is 8.98. The molecule has 0 spiro atoms. The molecule has 1 aliphatic rings. The lowest BCUT2D eigenvalue weighted by atomic mass is 10.1. The summed E-state index contributed by atoms with van der Waals surface area (Å²) in [6.45, 7) is 6.10. The smallest absolute Gasteiger partial charge is 0.315 e. The van der Waals surface area contributed by atoms with Crippen LogP contribution in [-0.4, -0.2) is 50.1 Å². The molecule has 8 nitrogen and oxygen atoms in total. The summed E-state index contributed by atoms with van der Waals surface area (Å²) in [5.41, 5.74) is -0.371. The Morgan fingerprint density at radius 2 is 2.04 bits per heavy atom. The molecule has 0 aromatic heterocycles. The molecule has 1 aromatic rings. The van der Waals surface area contributed by atoms with Gasteiger partial charge in [0, 0.05) is 33.6 Å². The van der Waals surface area contributed by atoms with Gasteiger partial charge in [0.05, 0.1) is 10.9 Å². The number of benzene rings is 1. The van der Waals surface area contributed by atoms with Crippen LogP contribution in [0.5, 0.6) is 0 Å². The Balaban J connectivity index is 2.02. The molecule has 1 saturated heterocycles. The molecule has 2 rings (SSSR count). The van der Waals surface area contributed by atoms with Gasteiger partial charge in [0.2, 0.25) is 10.0 Å². The van der Waals surface area contributed by atoms with E-state index in [4.69, 9.17) is 0 Å². The zero-order valence-corrected chi connectivity index (χ0v) is 19.8. The van der Waals surface area contributed by atoms with Crippen LogP contribution in [0.1, 0.15) is 27.2 Å². The van der Waals surface area contributed by atoms with Gasteiger partial charge in [-0.15, -0.1) is 0 Å². The summed E-state index contributed by atoms with van der Waals surface area (Å²) >= 11 is 6.54. The largest absolute Gasteiger partial charge is 0.336 e. The summed E-state index contributed by atoms with van der Waals surface area (Å²) in [4.78, 5) is 13.5. The lowest BCUT2D eigenvalue weighted by Gasteiger charge is -2.23. The van der Waals surface area contributed by atoms with Crippen LogP contribution in [0.25, 0.3) is 0 Å². The molecule has 1 heterocycles. The average Bonchev–Trinajstić information content (AvgIpc) is 2.94. The third kappa shape index (κ3) is 6.34. The van der Waals surface area contributed by atoms with Crippen molar-refractivity contribution in [2.45, 2.75) is 49.7 Å². The van der Waals surface area contributed by atoms with Gasteiger partial charge in [-0.3, -0.25) is 0 Å². The number of sulfonamides is 1. The number of carbonyl (C=O) groups excluding carboxylic acids is 1. The molecule has 1 aliphatic heterocycles. The summed E-state index contributed by atoms with van der Waals surface area (Å²) in [7, 11) is -3.77. The Morgan fingerprint density at radius 1 is 1.36 bits per heavy atom. The number of urea groups is 1. The van der Waals surface area contributed by atoms with Crippen LogP contribution in [0, 0.1) is 11.5 Å². The number of nitrogens with one attached hydrogen (secondary N) is 3. The SMILES string of the molecule is CC(C)(C)NC(=O)NC[C@H]1C[C@@H](NS(=O)(=O)c2cc(Br)ccc2Br)CN1C#N. The first-order valence-corrected chi connectivity index (χ1v) is 11.7. The molecule has 0 aliphatic carbocycles. The Hall–Kier alpha value is -1.35. The van der Waals surface area contributed by atoms with Gasteiger partial charge in [0.25, 0.3) is 0 Å². The molecule has 1 aromatic carbocycles. The fraction of sp³-hybridized carbons (Fsp3) is 0.529. The molecule has 3 N–H and O–H groups in total. The maximum atomic E-state index is 12.7. The van der Waals surface area contributed by atoms with E-state index in [2.05, 4.69) is 53.4 Å². The zero-order valence-electron chi connectivity index (χ0n) is 15.8. The number of rotatable bonds is 5. The van der Waals surface area contributed by atoms with E-state index in [-0.39, 0.29) is 35.6 Å². The molecule has 2 atom stereocenters. The third-order valence-corrected chi connectivity index (χ3v) is 7.04. The van der Waals surface area contributed by atoms with Gasteiger partial charge < -0.3 is 15.5 Å². The van der Waals surface area contributed by atoms with Crippen LogP contribution in [0.15, 0.2) is 32.0 Å². The van der Waals surface area contributed by atoms with Crippen LogP contribution in [0.3, 0.4) is 0 Å². The minimum Gasteiger partial charge on any atom is -0.336 e. The van der Waals surface area contributed by atoms with E-state index in [1.165, 1.54) is 11.0 Å². The highest BCUT2D eigenvalue weighted by atomic mass is 79.9. The standard InChI is InChI=1S/C17H23Br2N5O3S/c1-17(2,3)22-16(25)21-8-13-7-12(9-24(13)10-20)23-28(26,27)15-6-11(18)4-5-14(15)19/h4-6,12-13,23H,7-9H2,1-3H3,(H2,21,22,25)/t12-,13-/m1/s1. The number of hydrogen-bond acceptors (Lipinski definition) is 5. The number of nitriles is 1. The van der Waals surface area contributed by atoms with Crippen molar-refractivity contribution in [2.75, 3.05) is 13.1 Å². The minimum atomic E-state index is -3.77. The maximum absolute atomic E-state index is 12.7. The van der Waals surface area contributed by atoms with Crippen LogP contribution in [0.4, 0.5) is 4.79 Å². The summed E-state index contributed by atoms with van der Waals surface area (Å²) in [5.74, 6) is 0. The highest BCUT2D eigenvalue weighted by molar-refractivity contribution is 9.11. The molecule has 0 bridgehead atoms. The Morgan fingerprint density at radius 3 is 2.64 bits per heavy atom. The van der Waals surface area contributed by atoms with Gasteiger partial charge in [0.15, 0.2) is 6.19 Å². The molecular formula is C17H23Br2N5O3S. The first-order valence-electron chi connectivity index (χ1n) is 8.61. The monoisotopic (exact) mass is 535 g/mol. The van der Waals surface area contributed by atoms with Crippen molar-refractivity contribution in [3.8, 4) is 6.19 Å². The second-order valence-electron chi connectivity index (χ2n) is 7.62. The van der Waals surface area contributed by atoms with Crippen molar-refractivity contribution >= 4 is 47.9 Å². The summed E-state index contributed by atoms with van der Waals surface area (Å²) < 4.78 is 29.2. The first kappa shape index (κ1) is 22.9. The van der Waals surface area contributed by atoms with E-state index in [0.29, 0.717) is 15.4 Å². The Kier molecular flexibility index (Phi) is 7.36. The normalized spacial score (nSPS) is 19.9. The highest BCUT2D eigenvalue weighted by Crippen LogP contribution is 2.27. The lowest BCUT2D eigenvalue weighted by molar-refractivity contribution is 0.228. The molecule has 0 unspecified atom stereocenters. The Labute approximate surface area is 182 Å². The van der Waals surface area contributed by atoms with Crippen molar-refractivity contribution in [2.24, 2.45) is 0 Å². The van der Waals surface area contributed by atoms with Gasteiger partial charge in [-0.2, -0.15) is 5.26 Å². The van der Waals surface area contributed by atoms with Crippen LogP contribution >= 0.6 is 31.9 Å². The van der Waals surface area contributed by atoms with Gasteiger partial charge in [0.1, 0.15) is 0 Å². The van der Waals surface area contributed by atoms with E-state index < -0.39 is 16.1 Å². The maximum Gasteiger partial charge on any atom is 0.315 e. The van der Waals surface area contributed by atoms with Gasteiger partial charge in [-0.1, -0.05) is 15.9 Å². The van der Waals surface area contributed by atoms with E-state index in [1.54, 1.807) is 12.1 Å². The molecule has 154 valence electrons. The van der Waals surface area contributed by atoms with Gasteiger partial charge in [-0.05, 0) is 61.3 Å². The molecule has 0 saturated carbocycles. The third-order valence-electron chi connectivity index (χ3n) is 4.03. The molecule has 2 amide bonds. The Bertz CT molecular complexity index is 880. The van der Waals surface area contributed by atoms with E-state index in [1.807, 2.05) is 20.8 Å². The summed E-state index contributed by atoms with van der Waals surface area (Å²) in [5, 5.41) is 14.9. The number of carbonyl (C=O) groups is 1. The topological polar surface area (TPSA) is 114 Å². The van der Waals surface area contributed by atoms with Gasteiger partial charge in [-0.25, -0.2) is 17.9 Å². The number of halogens is 2. The number of nitrogens with zero attached hydrogens (tertiary/aromatic N) is 2. The zero-order chi connectivity index (χ0) is 21.1. The van der Waals surface area contributed by atoms with Crippen molar-refractivity contribution in [3.05, 3.63) is 27.1 Å². The fourth-order valence-electron chi connectivity index (χ4n) is 2.88. The van der Waals surface area contributed by atoms with E-state index in [0.717, 1.165) is 0 Å². The van der Waals surface area contributed by atoms with Crippen LogP contribution in [-0.2, 0) is 10.0 Å². The predicted octanol–water partition coefficient (Wildman–Crippen LogP) is 2.51. The number of amides is 2. The highest BCUT2D eigenvalue weighted by Gasteiger charge is 2.35. The number of likely N-dealkylation sites (tertiary alicyclic amines) is 1.